The van der Waals surface area contributed by atoms with Crippen LogP contribution in [0.15, 0.2) is 29.6 Å². The third-order valence-corrected chi connectivity index (χ3v) is 2.97. The molecule has 2 aromatic heterocycles. The molecule has 0 saturated carbocycles. The molecule has 2 heterocycles. The van der Waals surface area contributed by atoms with E-state index < -0.39 is 4.92 Å². The van der Waals surface area contributed by atoms with E-state index in [1.807, 2.05) is 17.5 Å². The van der Waals surface area contributed by atoms with Crippen LogP contribution in [-0.4, -0.2) is 17.0 Å². The maximum absolute atomic E-state index is 10.7. The summed E-state index contributed by atoms with van der Waals surface area (Å²) in [5.74, 6) is 0.288. The van der Waals surface area contributed by atoms with Crippen LogP contribution in [0.1, 0.15) is 0 Å². The molecule has 0 aliphatic heterocycles. The Morgan fingerprint density at radius 2 is 2.25 bits per heavy atom. The molecule has 2 aromatic rings. The van der Waals surface area contributed by atoms with E-state index in [4.69, 9.17) is 0 Å². The first-order chi connectivity index (χ1) is 7.72. The van der Waals surface area contributed by atoms with Gasteiger partial charge in [-0.05, 0) is 17.5 Å². The fraction of sp³-hybridized carbons (Fsp3) is 0.100. The van der Waals surface area contributed by atoms with Crippen LogP contribution in [-0.2, 0) is 0 Å². The van der Waals surface area contributed by atoms with Gasteiger partial charge in [0.1, 0.15) is 0 Å². The number of anilines is 1. The van der Waals surface area contributed by atoms with Gasteiger partial charge in [0.05, 0.1) is 15.5 Å². The zero-order valence-electron chi connectivity index (χ0n) is 8.51. The van der Waals surface area contributed by atoms with Gasteiger partial charge in [-0.2, -0.15) is 0 Å². The molecule has 0 saturated heterocycles. The minimum atomic E-state index is -0.447. The summed E-state index contributed by atoms with van der Waals surface area (Å²) in [5, 5.41) is 15.4. The number of thiophene rings is 1. The van der Waals surface area contributed by atoms with Crippen LogP contribution in [0.25, 0.3) is 10.6 Å². The van der Waals surface area contributed by atoms with Crippen molar-refractivity contribution in [2.24, 2.45) is 0 Å². The van der Waals surface area contributed by atoms with E-state index in [0.717, 1.165) is 10.6 Å². The Hall–Kier alpha value is -1.95. The molecule has 0 aliphatic rings. The lowest BCUT2D eigenvalue weighted by Crippen LogP contribution is -1.99. The standard InChI is InChI=1S/C10H9N3O2S/c1-11-10-8(13(14)15)5-4-7(12-10)9-3-2-6-16-9/h2-6H,1H3,(H,11,12). The molecule has 0 aromatic carbocycles. The van der Waals surface area contributed by atoms with E-state index >= 15 is 0 Å². The Morgan fingerprint density at radius 3 is 2.81 bits per heavy atom. The molecule has 2 rings (SSSR count). The van der Waals surface area contributed by atoms with Gasteiger partial charge in [0, 0.05) is 13.1 Å². The van der Waals surface area contributed by atoms with Crippen LogP contribution in [0.4, 0.5) is 11.5 Å². The zero-order valence-corrected chi connectivity index (χ0v) is 9.32. The number of hydrogen-bond donors (Lipinski definition) is 1. The summed E-state index contributed by atoms with van der Waals surface area (Å²) < 4.78 is 0. The van der Waals surface area contributed by atoms with Crippen molar-refractivity contribution in [2.75, 3.05) is 12.4 Å². The van der Waals surface area contributed by atoms with Crippen molar-refractivity contribution in [2.45, 2.75) is 0 Å². The third kappa shape index (κ3) is 1.87. The van der Waals surface area contributed by atoms with Crippen molar-refractivity contribution in [3.8, 4) is 10.6 Å². The molecule has 16 heavy (non-hydrogen) atoms. The average Bonchev–Trinajstić information content (AvgIpc) is 2.81. The number of nitrogens with one attached hydrogen (secondary N) is 1. The van der Waals surface area contributed by atoms with Gasteiger partial charge in [0.2, 0.25) is 5.82 Å². The monoisotopic (exact) mass is 235 g/mol. The first-order valence-electron chi connectivity index (χ1n) is 4.59. The molecule has 1 N–H and O–H groups in total. The lowest BCUT2D eigenvalue weighted by Gasteiger charge is -2.03. The maximum atomic E-state index is 10.7. The minimum Gasteiger partial charge on any atom is -0.367 e. The first kappa shape index (κ1) is 10.6. The highest BCUT2D eigenvalue weighted by Gasteiger charge is 2.15. The number of pyridine rings is 1. The summed E-state index contributed by atoms with van der Waals surface area (Å²) in [4.78, 5) is 15.5. The van der Waals surface area contributed by atoms with E-state index in [1.165, 1.54) is 6.07 Å². The molecule has 0 spiro atoms. The molecule has 0 unspecified atom stereocenters. The zero-order chi connectivity index (χ0) is 11.5. The molecule has 0 atom stereocenters. The maximum Gasteiger partial charge on any atom is 0.311 e. The summed E-state index contributed by atoms with van der Waals surface area (Å²) in [5.41, 5.74) is 0.729. The Bertz CT molecular complexity index is 511. The second-order valence-electron chi connectivity index (χ2n) is 3.05. The van der Waals surface area contributed by atoms with E-state index in [1.54, 1.807) is 24.5 Å². The molecule has 0 amide bonds. The molecule has 82 valence electrons. The second-order valence-corrected chi connectivity index (χ2v) is 4.00. The van der Waals surface area contributed by atoms with E-state index in [-0.39, 0.29) is 11.5 Å². The predicted molar refractivity (Wildman–Crippen MR) is 63.8 cm³/mol. The van der Waals surface area contributed by atoms with Crippen molar-refractivity contribution >= 4 is 22.8 Å². The number of nitro groups is 1. The highest BCUT2D eigenvalue weighted by molar-refractivity contribution is 7.13. The van der Waals surface area contributed by atoms with Crippen molar-refractivity contribution in [3.63, 3.8) is 0 Å². The molecular weight excluding hydrogens is 226 g/mol. The van der Waals surface area contributed by atoms with Gasteiger partial charge in [-0.1, -0.05) is 6.07 Å². The summed E-state index contributed by atoms with van der Waals surface area (Å²) in [6.45, 7) is 0. The Morgan fingerprint density at radius 1 is 1.44 bits per heavy atom. The quantitative estimate of drug-likeness (QED) is 0.656. The van der Waals surface area contributed by atoms with Gasteiger partial charge < -0.3 is 5.32 Å². The van der Waals surface area contributed by atoms with Gasteiger partial charge in [0.25, 0.3) is 0 Å². The van der Waals surface area contributed by atoms with Crippen molar-refractivity contribution < 1.29 is 4.92 Å². The fourth-order valence-electron chi connectivity index (χ4n) is 1.34. The summed E-state index contributed by atoms with van der Waals surface area (Å²) in [6.07, 6.45) is 0. The Balaban J connectivity index is 2.49. The molecule has 5 nitrogen and oxygen atoms in total. The number of hydrogen-bond acceptors (Lipinski definition) is 5. The van der Waals surface area contributed by atoms with Crippen LogP contribution in [0.2, 0.25) is 0 Å². The summed E-state index contributed by atoms with van der Waals surface area (Å²) >= 11 is 1.55. The van der Waals surface area contributed by atoms with Crippen LogP contribution in [0.3, 0.4) is 0 Å². The number of aromatic nitrogens is 1. The largest absolute Gasteiger partial charge is 0.367 e. The predicted octanol–water partition coefficient (Wildman–Crippen LogP) is 2.76. The summed E-state index contributed by atoms with van der Waals surface area (Å²) in [6, 6.07) is 6.97. The number of rotatable bonds is 3. The van der Waals surface area contributed by atoms with Crippen molar-refractivity contribution in [1.82, 2.24) is 4.98 Å². The lowest BCUT2D eigenvalue weighted by atomic mass is 10.3. The lowest BCUT2D eigenvalue weighted by molar-refractivity contribution is -0.384. The van der Waals surface area contributed by atoms with E-state index in [2.05, 4.69) is 10.3 Å². The SMILES string of the molecule is CNc1nc(-c2cccs2)ccc1[N+](=O)[O-]. The van der Waals surface area contributed by atoms with Gasteiger partial charge in [-0.3, -0.25) is 10.1 Å². The molecule has 0 fully saturated rings. The highest BCUT2D eigenvalue weighted by Crippen LogP contribution is 2.28. The fourth-order valence-corrected chi connectivity index (χ4v) is 2.04. The second kappa shape index (κ2) is 4.28. The molecule has 0 bridgehead atoms. The van der Waals surface area contributed by atoms with Crippen LogP contribution in [0.5, 0.6) is 0 Å². The van der Waals surface area contributed by atoms with Crippen LogP contribution >= 0.6 is 11.3 Å². The van der Waals surface area contributed by atoms with Crippen molar-refractivity contribution in [1.29, 1.82) is 0 Å². The molecule has 0 radical (unpaired) electrons. The topological polar surface area (TPSA) is 68.1 Å². The first-order valence-corrected chi connectivity index (χ1v) is 5.47. The van der Waals surface area contributed by atoms with Gasteiger partial charge in [-0.25, -0.2) is 4.98 Å². The van der Waals surface area contributed by atoms with Crippen LogP contribution in [0, 0.1) is 10.1 Å². The third-order valence-electron chi connectivity index (χ3n) is 2.08. The molecule has 6 heteroatoms. The summed E-state index contributed by atoms with van der Waals surface area (Å²) in [7, 11) is 1.62. The van der Waals surface area contributed by atoms with Gasteiger partial charge >= 0.3 is 5.69 Å². The smallest absolute Gasteiger partial charge is 0.311 e. The number of nitrogens with zero attached hydrogens (tertiary/aromatic N) is 2. The normalized spacial score (nSPS) is 10.1. The molecular formula is C10H9N3O2S. The van der Waals surface area contributed by atoms with Gasteiger partial charge in [0.15, 0.2) is 0 Å². The minimum absolute atomic E-state index is 0.0113. The van der Waals surface area contributed by atoms with E-state index in [9.17, 15) is 10.1 Å². The Labute approximate surface area is 95.9 Å². The van der Waals surface area contributed by atoms with Crippen molar-refractivity contribution in [3.05, 3.63) is 39.8 Å². The highest BCUT2D eigenvalue weighted by atomic mass is 32.1. The Kier molecular flexibility index (Phi) is 2.82. The molecule has 0 aliphatic carbocycles. The average molecular weight is 235 g/mol. The van der Waals surface area contributed by atoms with Crippen LogP contribution < -0.4 is 5.32 Å². The van der Waals surface area contributed by atoms with Gasteiger partial charge in [-0.15, -0.1) is 11.3 Å². The van der Waals surface area contributed by atoms with E-state index in [0.29, 0.717) is 0 Å².